The summed E-state index contributed by atoms with van der Waals surface area (Å²) in [4.78, 5) is 4.47. The molecule has 0 radical (unpaired) electrons. The molecule has 0 saturated heterocycles. The van der Waals surface area contributed by atoms with Gasteiger partial charge in [0.25, 0.3) is 0 Å². The minimum atomic E-state index is 0.502. The number of benzene rings is 7. The van der Waals surface area contributed by atoms with E-state index >= 15 is 0 Å². The van der Waals surface area contributed by atoms with E-state index in [0.29, 0.717) is 10.7 Å². The van der Waals surface area contributed by atoms with Crippen molar-refractivity contribution in [2.45, 2.75) is 0 Å². The van der Waals surface area contributed by atoms with Crippen LogP contribution in [0, 0.1) is 0 Å². The zero-order chi connectivity index (χ0) is 31.3. The predicted octanol–water partition coefficient (Wildman–Crippen LogP) is 12.2. The molecule has 7 aromatic carbocycles. The second-order valence-corrected chi connectivity index (χ2v) is 11.4. The highest BCUT2D eigenvalue weighted by molar-refractivity contribution is 6.37. The van der Waals surface area contributed by atoms with Gasteiger partial charge < -0.3 is 15.5 Å². The van der Waals surface area contributed by atoms with Gasteiger partial charge in [-0.15, -0.1) is 0 Å². The molecule has 0 aromatic heterocycles. The third kappa shape index (κ3) is 5.84. The summed E-state index contributed by atoms with van der Waals surface area (Å²) in [7, 11) is 0. The first-order valence-electron chi connectivity index (χ1n) is 15.3. The van der Waals surface area contributed by atoms with E-state index in [1.54, 1.807) is 0 Å². The van der Waals surface area contributed by atoms with Gasteiger partial charge in [-0.05, 0) is 77.4 Å². The second-order valence-electron chi connectivity index (χ2n) is 11.0. The van der Waals surface area contributed by atoms with E-state index in [1.165, 1.54) is 5.56 Å². The van der Waals surface area contributed by atoms with Crippen molar-refractivity contribution in [1.82, 2.24) is 0 Å². The lowest BCUT2D eigenvalue weighted by molar-refractivity contribution is 1.25. The first kappa shape index (κ1) is 29.0. The number of halogens is 1. The average molecular weight is 614 g/mol. The molecule has 0 spiro atoms. The summed E-state index contributed by atoms with van der Waals surface area (Å²) in [5.74, 6) is 0. The smallest absolute Gasteiger partial charge is 0.0882 e. The Bertz CT molecular complexity index is 2010. The molecular formula is C42H32ClN3. The molecule has 0 bridgehead atoms. The largest absolute Gasteiger partial charge is 0.397 e. The topological polar surface area (TPSA) is 32.5 Å². The molecule has 222 valence electrons. The maximum absolute atomic E-state index is 7.19. The Labute approximate surface area is 275 Å². The van der Waals surface area contributed by atoms with Crippen LogP contribution in [-0.2, 0) is 0 Å². The van der Waals surface area contributed by atoms with Crippen LogP contribution >= 0.6 is 11.6 Å². The molecule has 4 heteroatoms. The van der Waals surface area contributed by atoms with E-state index in [9.17, 15) is 0 Å². The maximum Gasteiger partial charge on any atom is 0.0882 e. The van der Waals surface area contributed by atoms with Gasteiger partial charge in [-0.1, -0.05) is 133 Å². The third-order valence-electron chi connectivity index (χ3n) is 8.06. The molecule has 0 atom stereocenters. The van der Waals surface area contributed by atoms with Crippen molar-refractivity contribution >= 4 is 51.4 Å². The molecular weight excluding hydrogens is 582 g/mol. The molecule has 3 nitrogen and oxygen atoms in total. The predicted molar refractivity (Wildman–Crippen MR) is 196 cm³/mol. The van der Waals surface area contributed by atoms with Crippen molar-refractivity contribution in [2.24, 2.45) is 0 Å². The molecule has 0 aliphatic rings. The van der Waals surface area contributed by atoms with Gasteiger partial charge in [0, 0.05) is 34.0 Å². The van der Waals surface area contributed by atoms with Crippen LogP contribution in [0.15, 0.2) is 182 Å². The molecule has 2 N–H and O–H groups in total. The number of para-hydroxylation sites is 3. The minimum Gasteiger partial charge on any atom is -0.397 e. The summed E-state index contributed by atoms with van der Waals surface area (Å²) in [6.45, 7) is 0. The molecule has 0 heterocycles. The number of nitrogens with zero attached hydrogens (tertiary/aromatic N) is 2. The number of hydrogen-bond donors (Lipinski definition) is 1. The van der Waals surface area contributed by atoms with E-state index in [0.717, 1.165) is 50.8 Å². The van der Waals surface area contributed by atoms with Crippen LogP contribution in [0.4, 0.5) is 39.8 Å². The van der Waals surface area contributed by atoms with Crippen molar-refractivity contribution in [3.8, 4) is 22.3 Å². The zero-order valence-electron chi connectivity index (χ0n) is 25.2. The number of nitrogens with two attached hydrogens (primary N) is 1. The van der Waals surface area contributed by atoms with E-state index in [-0.39, 0.29) is 0 Å². The van der Waals surface area contributed by atoms with E-state index < -0.39 is 0 Å². The van der Waals surface area contributed by atoms with Crippen LogP contribution in [-0.4, -0.2) is 0 Å². The maximum atomic E-state index is 7.19. The van der Waals surface area contributed by atoms with Gasteiger partial charge in [-0.3, -0.25) is 0 Å². The Hall–Kier alpha value is -5.77. The van der Waals surface area contributed by atoms with Crippen molar-refractivity contribution in [3.63, 3.8) is 0 Å². The standard InChI is InChI=1S/C42H32ClN3/c43-41-40(44)29-28-39(33-26-24-32(25-27-33)31-14-5-1-6-15-31)42(41)46(36-20-11-4-12-21-36)38-23-13-22-37(30-38)45(34-16-7-2-8-17-34)35-18-9-3-10-19-35/h1-30H,44H2. The van der Waals surface area contributed by atoms with Gasteiger partial charge in [0.1, 0.15) is 0 Å². The van der Waals surface area contributed by atoms with Crippen molar-refractivity contribution < 1.29 is 0 Å². The highest BCUT2D eigenvalue weighted by Crippen LogP contribution is 2.48. The quantitative estimate of drug-likeness (QED) is 0.173. The van der Waals surface area contributed by atoms with E-state index in [2.05, 4.69) is 149 Å². The molecule has 0 fully saturated rings. The Morgan fingerprint density at radius 2 is 0.783 bits per heavy atom. The van der Waals surface area contributed by atoms with Gasteiger partial charge in [-0.2, -0.15) is 0 Å². The van der Waals surface area contributed by atoms with Crippen LogP contribution in [0.3, 0.4) is 0 Å². The molecule has 0 saturated carbocycles. The van der Waals surface area contributed by atoms with Crippen molar-refractivity contribution in [1.29, 1.82) is 0 Å². The van der Waals surface area contributed by atoms with E-state index in [4.69, 9.17) is 17.3 Å². The first-order valence-corrected chi connectivity index (χ1v) is 15.6. The molecule has 7 aromatic rings. The summed E-state index contributed by atoms with van der Waals surface area (Å²) in [6, 6.07) is 62.6. The highest BCUT2D eigenvalue weighted by Gasteiger charge is 2.23. The Morgan fingerprint density at radius 1 is 0.370 bits per heavy atom. The number of anilines is 7. The van der Waals surface area contributed by atoms with Gasteiger partial charge in [0.2, 0.25) is 0 Å². The van der Waals surface area contributed by atoms with Crippen LogP contribution in [0.2, 0.25) is 5.02 Å². The molecule has 46 heavy (non-hydrogen) atoms. The lowest BCUT2D eigenvalue weighted by Gasteiger charge is -2.31. The lowest BCUT2D eigenvalue weighted by Crippen LogP contribution is -2.14. The molecule has 0 amide bonds. The van der Waals surface area contributed by atoms with Gasteiger partial charge >= 0.3 is 0 Å². The van der Waals surface area contributed by atoms with Crippen LogP contribution in [0.1, 0.15) is 0 Å². The molecule has 7 rings (SSSR count). The second kappa shape index (κ2) is 13.1. The van der Waals surface area contributed by atoms with Crippen molar-refractivity contribution in [3.05, 3.63) is 187 Å². The zero-order valence-corrected chi connectivity index (χ0v) is 25.9. The molecule has 0 aliphatic heterocycles. The summed E-state index contributed by atoms with van der Waals surface area (Å²) in [5.41, 5.74) is 17.3. The summed E-state index contributed by atoms with van der Waals surface area (Å²) < 4.78 is 0. The Morgan fingerprint density at radius 3 is 1.33 bits per heavy atom. The molecule has 0 unspecified atom stereocenters. The monoisotopic (exact) mass is 613 g/mol. The van der Waals surface area contributed by atoms with Crippen LogP contribution < -0.4 is 15.5 Å². The Kier molecular flexibility index (Phi) is 8.23. The van der Waals surface area contributed by atoms with E-state index in [1.807, 2.05) is 42.5 Å². The van der Waals surface area contributed by atoms with Crippen molar-refractivity contribution in [2.75, 3.05) is 15.5 Å². The number of rotatable bonds is 8. The highest BCUT2D eigenvalue weighted by atomic mass is 35.5. The minimum absolute atomic E-state index is 0.502. The SMILES string of the molecule is Nc1ccc(-c2ccc(-c3ccccc3)cc2)c(N(c2ccccc2)c2cccc(N(c3ccccc3)c3ccccc3)c2)c1Cl. The average Bonchev–Trinajstić information content (AvgIpc) is 3.12. The lowest BCUT2D eigenvalue weighted by atomic mass is 9.98. The Balaban J connectivity index is 1.40. The summed E-state index contributed by atoms with van der Waals surface area (Å²) in [5, 5.41) is 0.502. The normalized spacial score (nSPS) is 10.8. The fraction of sp³-hybridized carbons (Fsp3) is 0. The summed E-state index contributed by atoms with van der Waals surface area (Å²) >= 11 is 7.19. The summed E-state index contributed by atoms with van der Waals surface area (Å²) in [6.07, 6.45) is 0. The van der Waals surface area contributed by atoms with Gasteiger partial charge in [0.15, 0.2) is 0 Å². The fourth-order valence-corrected chi connectivity index (χ4v) is 6.11. The number of nitrogen functional groups attached to an aromatic ring is 1. The van der Waals surface area contributed by atoms with Crippen LogP contribution in [0.5, 0.6) is 0 Å². The molecule has 0 aliphatic carbocycles. The number of hydrogen-bond acceptors (Lipinski definition) is 3. The van der Waals surface area contributed by atoms with Crippen LogP contribution in [0.25, 0.3) is 22.3 Å². The van der Waals surface area contributed by atoms with Gasteiger partial charge in [-0.25, -0.2) is 0 Å². The first-order chi connectivity index (χ1) is 22.7. The van der Waals surface area contributed by atoms with Gasteiger partial charge in [0.05, 0.1) is 16.4 Å². The third-order valence-corrected chi connectivity index (χ3v) is 8.46. The fourth-order valence-electron chi connectivity index (χ4n) is 5.86.